The van der Waals surface area contributed by atoms with Gasteiger partial charge in [0.05, 0.1) is 0 Å². The summed E-state index contributed by atoms with van der Waals surface area (Å²) >= 11 is 0. The number of benzene rings is 1. The highest BCUT2D eigenvalue weighted by molar-refractivity contribution is 5.80. The molecular formula is C17H21F2NO2. The molecular weight excluding hydrogens is 288 g/mol. The van der Waals surface area contributed by atoms with Crippen LogP contribution in [0.4, 0.5) is 8.78 Å². The largest absolute Gasteiger partial charge is 0.381 e. The Balaban J connectivity index is 1.83. The Hall–Kier alpha value is -1.33. The molecule has 0 bridgehead atoms. The predicted octanol–water partition coefficient (Wildman–Crippen LogP) is 2.75. The molecule has 0 N–H and O–H groups in total. The van der Waals surface area contributed by atoms with Crippen molar-refractivity contribution in [3.8, 4) is 0 Å². The number of carbonyl (C=O) groups excluding carboxylic acids is 1. The first-order valence-electron chi connectivity index (χ1n) is 7.83. The molecule has 1 aromatic carbocycles. The number of hydrogen-bond donors (Lipinski definition) is 0. The van der Waals surface area contributed by atoms with Crippen molar-refractivity contribution >= 4 is 5.78 Å². The van der Waals surface area contributed by atoms with E-state index in [9.17, 15) is 13.6 Å². The normalized spacial score (nSPS) is 27.2. The van der Waals surface area contributed by atoms with Crippen molar-refractivity contribution in [3.05, 3.63) is 35.4 Å². The maximum atomic E-state index is 14.1. The zero-order chi connectivity index (χ0) is 15.7. The van der Waals surface area contributed by atoms with Crippen LogP contribution in [0.1, 0.15) is 31.2 Å². The zero-order valence-corrected chi connectivity index (χ0v) is 12.7. The molecule has 3 rings (SSSR count). The van der Waals surface area contributed by atoms with Crippen LogP contribution in [0.15, 0.2) is 18.2 Å². The van der Waals surface area contributed by atoms with Crippen molar-refractivity contribution in [3.63, 3.8) is 0 Å². The van der Waals surface area contributed by atoms with E-state index < -0.39 is 11.6 Å². The van der Waals surface area contributed by atoms with Crippen LogP contribution in [0.25, 0.3) is 0 Å². The molecule has 1 aromatic rings. The van der Waals surface area contributed by atoms with Crippen molar-refractivity contribution in [1.29, 1.82) is 0 Å². The molecule has 2 saturated heterocycles. The average Bonchev–Trinajstić information content (AvgIpc) is 2.93. The highest BCUT2D eigenvalue weighted by atomic mass is 19.1. The second-order valence-corrected chi connectivity index (χ2v) is 6.29. The van der Waals surface area contributed by atoms with Gasteiger partial charge in [-0.2, -0.15) is 0 Å². The molecule has 0 spiro atoms. The van der Waals surface area contributed by atoms with E-state index in [4.69, 9.17) is 4.74 Å². The Morgan fingerprint density at radius 1 is 1.23 bits per heavy atom. The fourth-order valence-corrected chi connectivity index (χ4v) is 3.71. The Morgan fingerprint density at radius 2 is 1.95 bits per heavy atom. The standard InChI is InChI=1S/C17H21F2NO2/c1-11(21)15-9-20(13-4-6-22-7-5-13)10-16(15)14-3-2-12(18)8-17(14)19/h2-3,8,13,15-16H,4-7,9-10H2,1H3/t15-,16-/m0/s1. The summed E-state index contributed by atoms with van der Waals surface area (Å²) in [6.45, 7) is 4.34. The van der Waals surface area contributed by atoms with Gasteiger partial charge in [0, 0.05) is 50.2 Å². The minimum Gasteiger partial charge on any atom is -0.381 e. The lowest BCUT2D eigenvalue weighted by atomic mass is 9.86. The molecule has 0 aromatic heterocycles. The Bertz CT molecular complexity index is 558. The van der Waals surface area contributed by atoms with Gasteiger partial charge in [0.2, 0.25) is 0 Å². The van der Waals surface area contributed by atoms with Crippen molar-refractivity contribution in [2.45, 2.75) is 31.7 Å². The van der Waals surface area contributed by atoms with Gasteiger partial charge in [0.1, 0.15) is 17.4 Å². The molecule has 22 heavy (non-hydrogen) atoms. The monoisotopic (exact) mass is 309 g/mol. The third-order valence-electron chi connectivity index (χ3n) is 4.94. The minimum atomic E-state index is -0.583. The Labute approximate surface area is 129 Å². The summed E-state index contributed by atoms with van der Waals surface area (Å²) in [4.78, 5) is 14.3. The van der Waals surface area contributed by atoms with Crippen molar-refractivity contribution in [2.24, 2.45) is 5.92 Å². The molecule has 0 aliphatic carbocycles. The van der Waals surface area contributed by atoms with Crippen LogP contribution in [0.2, 0.25) is 0 Å². The molecule has 2 heterocycles. The number of carbonyl (C=O) groups is 1. The number of halogens is 2. The van der Waals surface area contributed by atoms with Crippen LogP contribution in [0.3, 0.4) is 0 Å². The minimum absolute atomic E-state index is 0.0725. The van der Waals surface area contributed by atoms with Gasteiger partial charge in [-0.3, -0.25) is 9.69 Å². The van der Waals surface area contributed by atoms with Gasteiger partial charge in [-0.1, -0.05) is 6.07 Å². The molecule has 2 atom stereocenters. The maximum Gasteiger partial charge on any atom is 0.134 e. The molecule has 2 aliphatic heterocycles. The first-order chi connectivity index (χ1) is 10.6. The summed E-state index contributed by atoms with van der Waals surface area (Å²) in [6.07, 6.45) is 1.90. The van der Waals surface area contributed by atoms with Crippen molar-refractivity contribution in [2.75, 3.05) is 26.3 Å². The number of Topliss-reactive ketones (excluding diaryl/α,β-unsaturated/α-hetero) is 1. The summed E-state index contributed by atoms with van der Waals surface area (Å²) in [5.74, 6) is -1.47. The second-order valence-electron chi connectivity index (χ2n) is 6.29. The van der Waals surface area contributed by atoms with E-state index in [-0.39, 0.29) is 17.6 Å². The van der Waals surface area contributed by atoms with Gasteiger partial charge < -0.3 is 4.74 Å². The number of nitrogens with zero attached hydrogens (tertiary/aromatic N) is 1. The molecule has 3 nitrogen and oxygen atoms in total. The van der Waals surface area contributed by atoms with E-state index in [1.807, 2.05) is 0 Å². The molecule has 0 unspecified atom stereocenters. The summed E-state index contributed by atoms with van der Waals surface area (Å²) in [5.41, 5.74) is 0.455. The van der Waals surface area contributed by atoms with Gasteiger partial charge >= 0.3 is 0 Å². The van der Waals surface area contributed by atoms with Gasteiger partial charge in [-0.05, 0) is 31.4 Å². The molecule has 2 aliphatic rings. The first kappa shape index (κ1) is 15.6. The topological polar surface area (TPSA) is 29.5 Å². The van der Waals surface area contributed by atoms with E-state index in [1.54, 1.807) is 6.92 Å². The summed E-state index contributed by atoms with van der Waals surface area (Å²) in [5, 5.41) is 0. The van der Waals surface area contributed by atoms with E-state index in [1.165, 1.54) is 12.1 Å². The zero-order valence-electron chi connectivity index (χ0n) is 12.7. The molecule has 0 amide bonds. The Kier molecular flexibility index (Phi) is 4.54. The molecule has 0 radical (unpaired) electrons. The maximum absolute atomic E-state index is 14.1. The van der Waals surface area contributed by atoms with Gasteiger partial charge in [0.15, 0.2) is 0 Å². The quantitative estimate of drug-likeness (QED) is 0.860. The third kappa shape index (κ3) is 3.06. The lowest BCUT2D eigenvalue weighted by molar-refractivity contribution is -0.120. The fourth-order valence-electron chi connectivity index (χ4n) is 3.71. The fraction of sp³-hybridized carbons (Fsp3) is 0.588. The highest BCUT2D eigenvalue weighted by Crippen LogP contribution is 2.37. The number of ketones is 1. The van der Waals surface area contributed by atoms with E-state index in [0.717, 1.165) is 32.1 Å². The summed E-state index contributed by atoms with van der Waals surface area (Å²) in [6, 6.07) is 4.05. The highest BCUT2D eigenvalue weighted by Gasteiger charge is 2.40. The van der Waals surface area contributed by atoms with E-state index in [2.05, 4.69) is 4.90 Å². The van der Waals surface area contributed by atoms with Crippen LogP contribution >= 0.6 is 0 Å². The van der Waals surface area contributed by atoms with Crippen LogP contribution in [-0.4, -0.2) is 43.0 Å². The first-order valence-corrected chi connectivity index (χ1v) is 7.83. The van der Waals surface area contributed by atoms with E-state index in [0.29, 0.717) is 24.7 Å². The van der Waals surface area contributed by atoms with Crippen molar-refractivity contribution in [1.82, 2.24) is 4.90 Å². The lowest BCUT2D eigenvalue weighted by Gasteiger charge is -2.31. The molecule has 120 valence electrons. The molecule has 0 saturated carbocycles. The summed E-state index contributed by atoms with van der Waals surface area (Å²) < 4.78 is 32.6. The third-order valence-corrected chi connectivity index (χ3v) is 4.94. The van der Waals surface area contributed by atoms with Crippen LogP contribution in [0.5, 0.6) is 0 Å². The van der Waals surface area contributed by atoms with Gasteiger partial charge in [-0.15, -0.1) is 0 Å². The number of hydrogen-bond acceptors (Lipinski definition) is 3. The average molecular weight is 309 g/mol. The SMILES string of the molecule is CC(=O)[C@@H]1CN(C2CCOCC2)C[C@H]1c1ccc(F)cc1F. The molecule has 2 fully saturated rings. The second kappa shape index (κ2) is 6.42. The predicted molar refractivity (Wildman–Crippen MR) is 78.7 cm³/mol. The lowest BCUT2D eigenvalue weighted by Crippen LogP contribution is -2.38. The van der Waals surface area contributed by atoms with Gasteiger partial charge in [-0.25, -0.2) is 8.78 Å². The van der Waals surface area contributed by atoms with Crippen LogP contribution in [0, 0.1) is 17.6 Å². The van der Waals surface area contributed by atoms with Crippen LogP contribution in [-0.2, 0) is 9.53 Å². The van der Waals surface area contributed by atoms with Gasteiger partial charge in [0.25, 0.3) is 0 Å². The summed E-state index contributed by atoms with van der Waals surface area (Å²) in [7, 11) is 0. The smallest absolute Gasteiger partial charge is 0.134 e. The number of rotatable bonds is 3. The van der Waals surface area contributed by atoms with Crippen molar-refractivity contribution < 1.29 is 18.3 Å². The number of likely N-dealkylation sites (tertiary alicyclic amines) is 1. The number of ether oxygens (including phenoxy) is 1. The van der Waals surface area contributed by atoms with Crippen LogP contribution < -0.4 is 0 Å². The Morgan fingerprint density at radius 3 is 2.59 bits per heavy atom. The molecule has 5 heteroatoms. The van der Waals surface area contributed by atoms with E-state index >= 15 is 0 Å².